The number of ether oxygens (including phenoxy) is 1. The first-order chi connectivity index (χ1) is 7.16. The first-order valence-corrected chi connectivity index (χ1v) is 5.56. The fourth-order valence-corrected chi connectivity index (χ4v) is 1.18. The Labute approximate surface area is 93.2 Å². The summed E-state index contributed by atoms with van der Waals surface area (Å²) in [4.78, 5) is 0. The molecule has 15 heavy (non-hydrogen) atoms. The van der Waals surface area contributed by atoms with Crippen molar-refractivity contribution in [2.24, 2.45) is 5.92 Å². The van der Waals surface area contributed by atoms with Crippen LogP contribution in [0.1, 0.15) is 26.7 Å². The topological polar surface area (TPSA) is 41.5 Å². The third-order valence-electron chi connectivity index (χ3n) is 1.99. The van der Waals surface area contributed by atoms with Gasteiger partial charge in [-0.3, -0.25) is 0 Å². The van der Waals surface area contributed by atoms with Gasteiger partial charge in [-0.2, -0.15) is 0 Å². The average Bonchev–Trinajstić information content (AvgIpc) is 2.17. The van der Waals surface area contributed by atoms with E-state index in [1.165, 1.54) is 6.42 Å². The summed E-state index contributed by atoms with van der Waals surface area (Å²) in [6.07, 6.45) is 6.83. The number of nitrogens with one attached hydrogen (secondary N) is 1. The molecule has 0 aliphatic heterocycles. The summed E-state index contributed by atoms with van der Waals surface area (Å²) in [5, 5.41) is 12.4. The monoisotopic (exact) mass is 213 g/mol. The molecule has 0 aromatic heterocycles. The lowest BCUT2D eigenvalue weighted by molar-refractivity contribution is 0.0353. The van der Waals surface area contributed by atoms with Gasteiger partial charge in [-0.25, -0.2) is 0 Å². The maximum Gasteiger partial charge on any atom is 0.0897 e. The Balaban J connectivity index is 3.17. The van der Waals surface area contributed by atoms with Gasteiger partial charge in [-0.15, -0.1) is 6.42 Å². The molecule has 3 nitrogen and oxygen atoms in total. The molecule has 0 rings (SSSR count). The molecule has 0 saturated carbocycles. The van der Waals surface area contributed by atoms with Gasteiger partial charge in [0.25, 0.3) is 0 Å². The Morgan fingerprint density at radius 2 is 2.20 bits per heavy atom. The predicted octanol–water partition coefficient (Wildman–Crippen LogP) is 1.02. The lowest BCUT2D eigenvalue weighted by Gasteiger charge is -2.11. The molecular weight excluding hydrogens is 190 g/mol. The fraction of sp³-hybridized carbons (Fsp3) is 0.833. The second-order valence-corrected chi connectivity index (χ2v) is 4.10. The molecule has 0 amide bonds. The van der Waals surface area contributed by atoms with Crippen molar-refractivity contribution in [3.8, 4) is 12.3 Å². The van der Waals surface area contributed by atoms with Gasteiger partial charge in [-0.05, 0) is 18.8 Å². The van der Waals surface area contributed by atoms with Crippen LogP contribution in [0, 0.1) is 18.3 Å². The van der Waals surface area contributed by atoms with Crippen molar-refractivity contribution in [2.45, 2.75) is 32.8 Å². The van der Waals surface area contributed by atoms with E-state index >= 15 is 0 Å². The zero-order valence-corrected chi connectivity index (χ0v) is 9.83. The van der Waals surface area contributed by atoms with Gasteiger partial charge in [0.05, 0.1) is 19.3 Å². The molecule has 0 saturated heterocycles. The molecular formula is C12H23NO2. The van der Waals surface area contributed by atoms with Crippen LogP contribution in [0.4, 0.5) is 0 Å². The van der Waals surface area contributed by atoms with Crippen LogP contribution in [-0.4, -0.2) is 37.5 Å². The van der Waals surface area contributed by atoms with Gasteiger partial charge in [0.15, 0.2) is 0 Å². The van der Waals surface area contributed by atoms with Crippen molar-refractivity contribution in [1.29, 1.82) is 0 Å². The van der Waals surface area contributed by atoms with E-state index in [2.05, 4.69) is 25.1 Å². The zero-order chi connectivity index (χ0) is 11.5. The first-order valence-electron chi connectivity index (χ1n) is 5.56. The van der Waals surface area contributed by atoms with Crippen LogP contribution in [0.25, 0.3) is 0 Å². The molecule has 0 aliphatic carbocycles. The molecule has 2 N–H and O–H groups in total. The quantitative estimate of drug-likeness (QED) is 0.444. The van der Waals surface area contributed by atoms with Crippen molar-refractivity contribution in [3.05, 3.63) is 0 Å². The van der Waals surface area contributed by atoms with E-state index in [1.807, 2.05) is 0 Å². The maximum atomic E-state index is 9.43. The molecule has 88 valence electrons. The standard InChI is InChI=1S/C12H23NO2/c1-4-7-13-9-12(14)10-15-8-5-6-11(2)3/h1,11-14H,5-10H2,2-3H3. The van der Waals surface area contributed by atoms with Crippen molar-refractivity contribution in [3.63, 3.8) is 0 Å². The third-order valence-corrected chi connectivity index (χ3v) is 1.99. The van der Waals surface area contributed by atoms with Crippen LogP contribution >= 0.6 is 0 Å². The van der Waals surface area contributed by atoms with Crippen LogP contribution in [0.3, 0.4) is 0 Å². The van der Waals surface area contributed by atoms with E-state index < -0.39 is 6.10 Å². The van der Waals surface area contributed by atoms with Gasteiger partial charge in [-0.1, -0.05) is 19.8 Å². The Hall–Kier alpha value is -0.560. The molecule has 0 bridgehead atoms. The van der Waals surface area contributed by atoms with Crippen LogP contribution in [0.15, 0.2) is 0 Å². The van der Waals surface area contributed by atoms with Gasteiger partial charge < -0.3 is 15.2 Å². The minimum atomic E-state index is -0.461. The number of hydrogen-bond donors (Lipinski definition) is 2. The van der Waals surface area contributed by atoms with Gasteiger partial charge in [0.1, 0.15) is 0 Å². The Morgan fingerprint density at radius 1 is 1.47 bits per heavy atom. The lowest BCUT2D eigenvalue weighted by Crippen LogP contribution is -2.30. The number of aliphatic hydroxyl groups excluding tert-OH is 1. The number of terminal acetylenes is 1. The van der Waals surface area contributed by atoms with Crippen LogP contribution in [0.2, 0.25) is 0 Å². The largest absolute Gasteiger partial charge is 0.389 e. The smallest absolute Gasteiger partial charge is 0.0897 e. The van der Waals surface area contributed by atoms with Crippen molar-refractivity contribution in [1.82, 2.24) is 5.32 Å². The zero-order valence-electron chi connectivity index (χ0n) is 9.83. The first kappa shape index (κ1) is 14.4. The van der Waals surface area contributed by atoms with E-state index in [1.54, 1.807) is 0 Å². The summed E-state index contributed by atoms with van der Waals surface area (Å²) in [5.41, 5.74) is 0. The Morgan fingerprint density at radius 3 is 2.80 bits per heavy atom. The average molecular weight is 213 g/mol. The second kappa shape index (κ2) is 9.97. The highest BCUT2D eigenvalue weighted by Crippen LogP contribution is 2.03. The van der Waals surface area contributed by atoms with E-state index in [9.17, 15) is 5.11 Å². The normalized spacial score (nSPS) is 12.7. The summed E-state index contributed by atoms with van der Waals surface area (Å²) in [6.45, 7) is 6.48. The van der Waals surface area contributed by atoms with Crippen molar-refractivity contribution < 1.29 is 9.84 Å². The summed E-state index contributed by atoms with van der Waals surface area (Å²) in [6, 6.07) is 0. The van der Waals surface area contributed by atoms with Gasteiger partial charge >= 0.3 is 0 Å². The minimum Gasteiger partial charge on any atom is -0.389 e. The van der Waals surface area contributed by atoms with E-state index in [-0.39, 0.29) is 0 Å². The van der Waals surface area contributed by atoms with E-state index in [4.69, 9.17) is 11.2 Å². The molecule has 0 aliphatic rings. The molecule has 0 aromatic rings. The molecule has 0 radical (unpaired) electrons. The fourth-order valence-electron chi connectivity index (χ4n) is 1.18. The van der Waals surface area contributed by atoms with Crippen LogP contribution < -0.4 is 5.32 Å². The van der Waals surface area contributed by atoms with Crippen molar-refractivity contribution >= 4 is 0 Å². The number of rotatable bonds is 9. The van der Waals surface area contributed by atoms with Gasteiger partial charge in [0, 0.05) is 13.2 Å². The van der Waals surface area contributed by atoms with E-state index in [0.717, 1.165) is 18.9 Å². The number of hydrogen-bond acceptors (Lipinski definition) is 3. The summed E-state index contributed by atoms with van der Waals surface area (Å²) >= 11 is 0. The lowest BCUT2D eigenvalue weighted by atomic mass is 10.1. The molecule has 0 heterocycles. The molecule has 0 spiro atoms. The van der Waals surface area contributed by atoms with E-state index in [0.29, 0.717) is 19.7 Å². The summed E-state index contributed by atoms with van der Waals surface area (Å²) in [7, 11) is 0. The third kappa shape index (κ3) is 11.4. The molecule has 1 unspecified atom stereocenters. The minimum absolute atomic E-state index is 0.385. The summed E-state index contributed by atoms with van der Waals surface area (Å²) in [5.74, 6) is 3.17. The highest BCUT2D eigenvalue weighted by molar-refractivity contribution is 4.86. The molecule has 0 aromatic carbocycles. The maximum absolute atomic E-state index is 9.43. The predicted molar refractivity (Wildman–Crippen MR) is 62.6 cm³/mol. The Bertz CT molecular complexity index is 175. The van der Waals surface area contributed by atoms with Crippen LogP contribution in [0.5, 0.6) is 0 Å². The molecule has 1 atom stereocenters. The SMILES string of the molecule is C#CCNCC(O)COCCCC(C)C. The van der Waals surface area contributed by atoms with Crippen molar-refractivity contribution in [2.75, 3.05) is 26.3 Å². The number of aliphatic hydroxyl groups is 1. The molecule has 0 fully saturated rings. The highest BCUT2D eigenvalue weighted by atomic mass is 16.5. The Kier molecular flexibility index (Phi) is 9.60. The highest BCUT2D eigenvalue weighted by Gasteiger charge is 2.02. The second-order valence-electron chi connectivity index (χ2n) is 4.10. The summed E-state index contributed by atoms with van der Waals surface area (Å²) < 4.78 is 5.33. The molecule has 3 heteroatoms. The van der Waals surface area contributed by atoms with Crippen LogP contribution in [-0.2, 0) is 4.74 Å². The van der Waals surface area contributed by atoms with Gasteiger partial charge in [0.2, 0.25) is 0 Å².